The van der Waals surface area contributed by atoms with Crippen LogP contribution in [-0.4, -0.2) is 53.7 Å². The van der Waals surface area contributed by atoms with E-state index >= 15 is 8.78 Å². The molecule has 1 N–H and O–H groups in total. The lowest BCUT2D eigenvalue weighted by Crippen LogP contribution is -2.68. The molecule has 1 saturated carbocycles. The molecule has 3 aromatic carbocycles. The van der Waals surface area contributed by atoms with Gasteiger partial charge in [-0.25, -0.2) is 13.2 Å². The SMILES string of the molecule is CN(C)C1(c2cccc(F)c2)CC(F)C2(c3[nH]c4ccccc4c3CCN2C(=O)/C=C/c2ccccc2)C(F)C1. The minimum absolute atomic E-state index is 0.106. The first kappa shape index (κ1) is 26.4. The zero-order valence-electron chi connectivity index (χ0n) is 22.6. The molecule has 1 aromatic heterocycles. The lowest BCUT2D eigenvalue weighted by Gasteiger charge is -2.57. The third kappa shape index (κ3) is 3.98. The van der Waals surface area contributed by atoms with Gasteiger partial charge in [-0.05, 0) is 61.5 Å². The quantitative estimate of drug-likeness (QED) is 0.298. The van der Waals surface area contributed by atoms with E-state index in [4.69, 9.17) is 0 Å². The third-order valence-electron chi connectivity index (χ3n) is 8.94. The topological polar surface area (TPSA) is 39.3 Å². The van der Waals surface area contributed by atoms with E-state index in [1.165, 1.54) is 23.1 Å². The zero-order chi connectivity index (χ0) is 28.1. The molecule has 2 atom stereocenters. The second-order valence-electron chi connectivity index (χ2n) is 11.1. The van der Waals surface area contributed by atoms with Crippen molar-refractivity contribution in [2.75, 3.05) is 20.6 Å². The highest BCUT2D eigenvalue weighted by Gasteiger charge is 2.64. The number of carbonyl (C=O) groups is 1. The summed E-state index contributed by atoms with van der Waals surface area (Å²) in [5.41, 5.74) is 0.459. The molecule has 1 spiro atoms. The van der Waals surface area contributed by atoms with E-state index in [0.717, 1.165) is 22.0 Å². The van der Waals surface area contributed by atoms with Gasteiger partial charge in [0, 0.05) is 36.4 Å². The van der Waals surface area contributed by atoms with Crippen LogP contribution in [0.2, 0.25) is 0 Å². The number of H-pyrrole nitrogens is 1. The molecule has 0 saturated heterocycles. The van der Waals surface area contributed by atoms with Gasteiger partial charge in [0.2, 0.25) is 5.91 Å². The van der Waals surface area contributed by atoms with Gasteiger partial charge in [-0.15, -0.1) is 0 Å². The lowest BCUT2D eigenvalue weighted by atomic mass is 9.63. The van der Waals surface area contributed by atoms with E-state index in [1.54, 1.807) is 37.2 Å². The molecule has 4 nitrogen and oxygen atoms in total. The summed E-state index contributed by atoms with van der Waals surface area (Å²) in [5, 5.41) is 0.915. The number of rotatable bonds is 4. The first-order valence-electron chi connectivity index (χ1n) is 13.6. The monoisotopic (exact) mass is 543 g/mol. The number of carbonyl (C=O) groups excluding carboxylic acids is 1. The van der Waals surface area contributed by atoms with E-state index in [2.05, 4.69) is 4.98 Å². The fourth-order valence-electron chi connectivity index (χ4n) is 6.93. The Morgan fingerprint density at radius 3 is 2.38 bits per heavy atom. The molecule has 0 radical (unpaired) electrons. The van der Waals surface area contributed by atoms with E-state index in [9.17, 15) is 9.18 Å². The zero-order valence-corrected chi connectivity index (χ0v) is 22.6. The van der Waals surface area contributed by atoms with E-state index < -0.39 is 35.1 Å². The Labute approximate surface area is 232 Å². The summed E-state index contributed by atoms with van der Waals surface area (Å²) in [6.45, 7) is 0.183. The number of alkyl halides is 2. The second kappa shape index (κ2) is 9.97. The van der Waals surface area contributed by atoms with Crippen LogP contribution in [0.5, 0.6) is 0 Å². The molecule has 0 bridgehead atoms. The maximum Gasteiger partial charge on any atom is 0.247 e. The third-order valence-corrected chi connectivity index (χ3v) is 8.94. The molecule has 1 aliphatic carbocycles. The molecule has 4 aromatic rings. The molecule has 1 amide bonds. The van der Waals surface area contributed by atoms with Gasteiger partial charge in [0.15, 0.2) is 0 Å². The van der Waals surface area contributed by atoms with Crippen LogP contribution in [-0.2, 0) is 22.3 Å². The van der Waals surface area contributed by atoms with E-state index in [-0.39, 0.29) is 19.4 Å². The minimum atomic E-state index is -1.85. The van der Waals surface area contributed by atoms with Crippen molar-refractivity contribution in [1.29, 1.82) is 0 Å². The number of hydrogen-bond donors (Lipinski definition) is 1. The summed E-state index contributed by atoms with van der Waals surface area (Å²) >= 11 is 0. The van der Waals surface area contributed by atoms with Crippen molar-refractivity contribution in [3.63, 3.8) is 0 Å². The van der Waals surface area contributed by atoms with Crippen molar-refractivity contribution >= 4 is 22.9 Å². The minimum Gasteiger partial charge on any atom is -0.356 e. The van der Waals surface area contributed by atoms with Gasteiger partial charge in [0.1, 0.15) is 23.7 Å². The van der Waals surface area contributed by atoms with Crippen molar-refractivity contribution in [1.82, 2.24) is 14.8 Å². The van der Waals surface area contributed by atoms with Gasteiger partial charge >= 0.3 is 0 Å². The van der Waals surface area contributed by atoms with Crippen molar-refractivity contribution in [3.8, 4) is 0 Å². The maximum absolute atomic E-state index is 17.2. The number of aromatic amines is 1. The summed E-state index contributed by atoms with van der Waals surface area (Å²) in [6.07, 6.45) is -0.197. The van der Waals surface area contributed by atoms with Crippen molar-refractivity contribution in [3.05, 3.63) is 113 Å². The summed E-state index contributed by atoms with van der Waals surface area (Å²) in [4.78, 5) is 20.3. The summed E-state index contributed by atoms with van der Waals surface area (Å²) < 4.78 is 48.7. The van der Waals surface area contributed by atoms with Gasteiger partial charge in [-0.1, -0.05) is 60.7 Å². The van der Waals surface area contributed by atoms with E-state index in [0.29, 0.717) is 17.7 Å². The molecule has 2 aliphatic rings. The number of nitrogens with one attached hydrogen (secondary N) is 1. The smallest absolute Gasteiger partial charge is 0.247 e. The van der Waals surface area contributed by atoms with Crippen molar-refractivity contribution in [2.45, 2.75) is 42.7 Å². The average Bonchev–Trinajstić information content (AvgIpc) is 3.34. The van der Waals surface area contributed by atoms with Crippen LogP contribution in [0.3, 0.4) is 0 Å². The number of nitrogens with zero attached hydrogens (tertiary/aromatic N) is 2. The average molecular weight is 544 g/mol. The molecular weight excluding hydrogens is 511 g/mol. The van der Waals surface area contributed by atoms with Gasteiger partial charge in [0.25, 0.3) is 0 Å². The van der Waals surface area contributed by atoms with Gasteiger partial charge in [-0.2, -0.15) is 0 Å². The molecule has 206 valence electrons. The van der Waals surface area contributed by atoms with Gasteiger partial charge in [0.05, 0.1) is 11.2 Å². The van der Waals surface area contributed by atoms with Crippen LogP contribution in [0, 0.1) is 5.82 Å². The highest BCUT2D eigenvalue weighted by Crippen LogP contribution is 2.56. The Bertz CT molecular complexity index is 1570. The fraction of sp³-hybridized carbons (Fsp3) is 0.303. The molecule has 40 heavy (non-hydrogen) atoms. The molecule has 7 heteroatoms. The Balaban J connectivity index is 1.50. The fourth-order valence-corrected chi connectivity index (χ4v) is 6.93. The predicted molar refractivity (Wildman–Crippen MR) is 152 cm³/mol. The number of para-hydroxylation sites is 1. The summed E-state index contributed by atoms with van der Waals surface area (Å²) in [6, 6.07) is 23.0. The highest BCUT2D eigenvalue weighted by molar-refractivity contribution is 5.94. The van der Waals surface area contributed by atoms with Crippen LogP contribution in [0.15, 0.2) is 84.9 Å². The number of aromatic nitrogens is 1. The maximum atomic E-state index is 17.2. The largest absolute Gasteiger partial charge is 0.356 e. The van der Waals surface area contributed by atoms with Gasteiger partial charge < -0.3 is 9.88 Å². The van der Waals surface area contributed by atoms with Crippen LogP contribution in [0.25, 0.3) is 17.0 Å². The number of hydrogen-bond acceptors (Lipinski definition) is 2. The Morgan fingerprint density at radius 1 is 0.975 bits per heavy atom. The Hall–Kier alpha value is -3.84. The standard InChI is InChI=1S/C33H32F3N3O/c1-38(2)32(23-11-8-12-24(34)19-23)20-28(35)33(29(36)21-32)31-26(25-13-6-7-14-27(25)37-31)17-18-39(33)30(40)16-15-22-9-4-3-5-10-22/h3-16,19,28-29,37H,17-18,20-21H2,1-2H3/b16-15+. The summed E-state index contributed by atoms with van der Waals surface area (Å²) in [7, 11) is 3.53. The number of benzene rings is 3. The van der Waals surface area contributed by atoms with Crippen molar-refractivity contribution in [2.24, 2.45) is 0 Å². The van der Waals surface area contributed by atoms with Crippen LogP contribution in [0.1, 0.15) is 35.2 Å². The molecule has 6 rings (SSSR count). The van der Waals surface area contributed by atoms with Crippen LogP contribution in [0.4, 0.5) is 13.2 Å². The van der Waals surface area contributed by atoms with Crippen molar-refractivity contribution < 1.29 is 18.0 Å². The first-order valence-corrected chi connectivity index (χ1v) is 13.6. The van der Waals surface area contributed by atoms with Gasteiger partial charge in [-0.3, -0.25) is 9.69 Å². The highest BCUT2D eigenvalue weighted by atomic mass is 19.1. The molecule has 1 fully saturated rings. The summed E-state index contributed by atoms with van der Waals surface area (Å²) in [5.74, 6) is -0.898. The number of amides is 1. The molecule has 1 aliphatic heterocycles. The number of fused-ring (bicyclic) bond motifs is 4. The Kier molecular flexibility index (Phi) is 6.57. The Morgan fingerprint density at radius 2 is 1.68 bits per heavy atom. The molecular formula is C33H32F3N3O. The molecule has 2 unspecified atom stereocenters. The number of halogens is 3. The predicted octanol–water partition coefficient (Wildman–Crippen LogP) is 6.53. The molecule has 2 heterocycles. The second-order valence-corrected chi connectivity index (χ2v) is 11.1. The first-order chi connectivity index (χ1) is 19.3. The normalized spacial score (nSPS) is 26.6. The lowest BCUT2D eigenvalue weighted by molar-refractivity contribution is -0.158. The van der Waals surface area contributed by atoms with E-state index in [1.807, 2.05) is 54.6 Å². The van der Waals surface area contributed by atoms with Crippen LogP contribution < -0.4 is 0 Å². The van der Waals surface area contributed by atoms with Crippen LogP contribution >= 0.6 is 0 Å².